The van der Waals surface area contributed by atoms with Gasteiger partial charge in [0.15, 0.2) is 0 Å². The van der Waals surface area contributed by atoms with Gasteiger partial charge in [0.25, 0.3) is 0 Å². The summed E-state index contributed by atoms with van der Waals surface area (Å²) >= 11 is 0. The number of hydrogen-bond donors (Lipinski definition) is 0. The maximum Gasteiger partial charge on any atom is 0.306 e. The molecule has 2 nitrogen and oxygen atoms in total. The average Bonchev–Trinajstić information content (AvgIpc) is 2.15. The van der Waals surface area contributed by atoms with Crippen LogP contribution in [0.15, 0.2) is 0 Å². The van der Waals surface area contributed by atoms with E-state index in [1.54, 1.807) is 0 Å². The zero-order valence-corrected chi connectivity index (χ0v) is 5.68. The monoisotopic (exact) mass is 145 g/mol. The summed E-state index contributed by atoms with van der Waals surface area (Å²) in [5.41, 5.74) is 0. The molecule has 0 aromatic heterocycles. The van der Waals surface area contributed by atoms with E-state index in [1.807, 2.05) is 0 Å². The van der Waals surface area contributed by atoms with E-state index in [0.717, 1.165) is 6.42 Å². The Bertz CT molecular complexity index is 136. The van der Waals surface area contributed by atoms with Gasteiger partial charge in [0.1, 0.15) is 12.3 Å². The maximum absolute atomic E-state index is 12.6. The van der Waals surface area contributed by atoms with Crippen LogP contribution in [0.1, 0.15) is 19.3 Å². The third kappa shape index (κ3) is 1.69. The SMILES string of the molecule is [CH2]C(=O)OC1CCCC1F. The van der Waals surface area contributed by atoms with Crippen LogP contribution in [0.25, 0.3) is 0 Å². The van der Waals surface area contributed by atoms with Gasteiger partial charge in [-0.15, -0.1) is 0 Å². The van der Waals surface area contributed by atoms with Crippen LogP contribution in [0.2, 0.25) is 0 Å². The maximum atomic E-state index is 12.6. The highest BCUT2D eigenvalue weighted by Gasteiger charge is 2.29. The summed E-state index contributed by atoms with van der Waals surface area (Å²) in [6.07, 6.45) is 0.468. The topological polar surface area (TPSA) is 26.3 Å². The lowest BCUT2D eigenvalue weighted by molar-refractivity contribution is -0.145. The second-order valence-electron chi connectivity index (χ2n) is 2.48. The first-order chi connectivity index (χ1) is 4.70. The molecule has 0 aromatic rings. The van der Waals surface area contributed by atoms with E-state index in [-0.39, 0.29) is 0 Å². The Labute approximate surface area is 59.4 Å². The minimum Gasteiger partial charge on any atom is -0.459 e. The van der Waals surface area contributed by atoms with Gasteiger partial charge in [0.2, 0.25) is 0 Å². The molecule has 0 bridgehead atoms. The summed E-state index contributed by atoms with van der Waals surface area (Å²) in [6.45, 7) is 3.01. The highest BCUT2D eigenvalue weighted by molar-refractivity contribution is 5.73. The van der Waals surface area contributed by atoms with Crippen LogP contribution in [0.4, 0.5) is 4.39 Å². The molecule has 1 rings (SSSR count). The number of esters is 1. The zero-order valence-electron chi connectivity index (χ0n) is 5.68. The van der Waals surface area contributed by atoms with Crippen LogP contribution in [-0.4, -0.2) is 18.2 Å². The fraction of sp³-hybridized carbons (Fsp3) is 0.714. The molecule has 57 valence electrons. The van der Waals surface area contributed by atoms with E-state index in [2.05, 4.69) is 11.7 Å². The fourth-order valence-electron chi connectivity index (χ4n) is 1.18. The molecule has 2 unspecified atom stereocenters. The quantitative estimate of drug-likeness (QED) is 0.519. The van der Waals surface area contributed by atoms with Crippen LogP contribution >= 0.6 is 0 Å². The summed E-state index contributed by atoms with van der Waals surface area (Å²) in [4.78, 5) is 10.2. The van der Waals surface area contributed by atoms with Crippen molar-refractivity contribution in [2.45, 2.75) is 31.5 Å². The van der Waals surface area contributed by atoms with E-state index in [1.165, 1.54) is 0 Å². The number of alkyl halides is 1. The van der Waals surface area contributed by atoms with Crippen molar-refractivity contribution in [2.24, 2.45) is 0 Å². The standard InChI is InChI=1S/C7H10FO2/c1-5(9)10-7-4-2-3-6(7)8/h6-7H,1-4H2. The first-order valence-electron chi connectivity index (χ1n) is 3.37. The Morgan fingerprint density at radius 3 is 2.70 bits per heavy atom. The second-order valence-corrected chi connectivity index (χ2v) is 2.48. The number of halogens is 1. The van der Waals surface area contributed by atoms with Gasteiger partial charge in [-0.25, -0.2) is 4.39 Å². The lowest BCUT2D eigenvalue weighted by Gasteiger charge is -2.11. The average molecular weight is 145 g/mol. The molecular weight excluding hydrogens is 135 g/mol. The number of ether oxygens (including phenoxy) is 1. The molecule has 0 aromatic carbocycles. The van der Waals surface area contributed by atoms with Crippen LogP contribution in [0.5, 0.6) is 0 Å². The summed E-state index contributed by atoms with van der Waals surface area (Å²) in [5.74, 6) is -0.630. The van der Waals surface area contributed by atoms with Gasteiger partial charge in [-0.2, -0.15) is 0 Å². The predicted molar refractivity (Wildman–Crippen MR) is 34.0 cm³/mol. The zero-order chi connectivity index (χ0) is 7.56. The number of rotatable bonds is 1. The van der Waals surface area contributed by atoms with E-state index in [0.29, 0.717) is 12.8 Å². The molecular formula is C7H10FO2. The highest BCUT2D eigenvalue weighted by Crippen LogP contribution is 2.24. The molecule has 1 radical (unpaired) electrons. The van der Waals surface area contributed by atoms with Gasteiger partial charge in [0.05, 0.1) is 6.92 Å². The Balaban J connectivity index is 2.33. The first-order valence-corrected chi connectivity index (χ1v) is 3.37. The van der Waals surface area contributed by atoms with Crippen molar-refractivity contribution in [1.29, 1.82) is 0 Å². The summed E-state index contributed by atoms with van der Waals surface area (Å²) in [7, 11) is 0. The molecule has 3 heteroatoms. The van der Waals surface area contributed by atoms with Crippen LogP contribution in [-0.2, 0) is 9.53 Å². The van der Waals surface area contributed by atoms with Crippen molar-refractivity contribution in [3.8, 4) is 0 Å². The number of hydrogen-bond acceptors (Lipinski definition) is 2. The van der Waals surface area contributed by atoms with Gasteiger partial charge < -0.3 is 4.74 Å². The Kier molecular flexibility index (Phi) is 2.25. The van der Waals surface area contributed by atoms with Gasteiger partial charge in [-0.1, -0.05) is 0 Å². The molecule has 0 N–H and O–H groups in total. The van der Waals surface area contributed by atoms with Crippen LogP contribution < -0.4 is 0 Å². The minimum absolute atomic E-state index is 0.512. The van der Waals surface area contributed by atoms with Gasteiger partial charge in [-0.05, 0) is 19.3 Å². The van der Waals surface area contributed by atoms with Crippen molar-refractivity contribution < 1.29 is 13.9 Å². The van der Waals surface area contributed by atoms with Crippen molar-refractivity contribution in [1.82, 2.24) is 0 Å². The lowest BCUT2D eigenvalue weighted by Crippen LogP contribution is -2.21. The lowest BCUT2D eigenvalue weighted by atomic mass is 10.3. The highest BCUT2D eigenvalue weighted by atomic mass is 19.1. The van der Waals surface area contributed by atoms with Gasteiger partial charge in [-0.3, -0.25) is 4.79 Å². The van der Waals surface area contributed by atoms with Crippen LogP contribution in [0, 0.1) is 6.92 Å². The van der Waals surface area contributed by atoms with Gasteiger partial charge in [0, 0.05) is 0 Å². The second kappa shape index (κ2) is 2.99. The molecule has 0 amide bonds. The first kappa shape index (κ1) is 7.51. The molecule has 1 saturated carbocycles. The summed E-state index contributed by atoms with van der Waals surface area (Å²) in [5, 5.41) is 0. The molecule has 0 spiro atoms. The summed E-state index contributed by atoms with van der Waals surface area (Å²) < 4.78 is 17.2. The normalized spacial score (nSPS) is 32.2. The molecule has 0 heterocycles. The molecule has 10 heavy (non-hydrogen) atoms. The third-order valence-corrected chi connectivity index (χ3v) is 1.65. The smallest absolute Gasteiger partial charge is 0.306 e. The van der Waals surface area contributed by atoms with Crippen molar-refractivity contribution in [3.05, 3.63) is 6.92 Å². The van der Waals surface area contributed by atoms with Crippen molar-refractivity contribution in [3.63, 3.8) is 0 Å². The molecule has 1 aliphatic rings. The van der Waals surface area contributed by atoms with Crippen molar-refractivity contribution >= 4 is 5.97 Å². The van der Waals surface area contributed by atoms with E-state index >= 15 is 0 Å². The Hall–Kier alpha value is -0.600. The number of carbonyl (C=O) groups excluding carboxylic acids is 1. The van der Waals surface area contributed by atoms with E-state index in [4.69, 9.17) is 0 Å². The van der Waals surface area contributed by atoms with Gasteiger partial charge >= 0.3 is 5.97 Å². The predicted octanol–water partition coefficient (Wildman–Crippen LogP) is 1.25. The molecule has 0 aliphatic heterocycles. The third-order valence-electron chi connectivity index (χ3n) is 1.65. The molecule has 0 saturated heterocycles. The van der Waals surface area contributed by atoms with Crippen molar-refractivity contribution in [2.75, 3.05) is 0 Å². The molecule has 2 atom stereocenters. The Morgan fingerprint density at radius 2 is 2.30 bits per heavy atom. The minimum atomic E-state index is -0.967. The number of carbonyl (C=O) groups is 1. The molecule has 1 fully saturated rings. The Morgan fingerprint density at radius 1 is 1.60 bits per heavy atom. The van der Waals surface area contributed by atoms with E-state index < -0.39 is 18.2 Å². The van der Waals surface area contributed by atoms with Crippen LogP contribution in [0.3, 0.4) is 0 Å². The van der Waals surface area contributed by atoms with E-state index in [9.17, 15) is 9.18 Å². The summed E-state index contributed by atoms with van der Waals surface area (Å²) in [6, 6.07) is 0. The molecule has 1 aliphatic carbocycles. The largest absolute Gasteiger partial charge is 0.459 e. The fourth-order valence-corrected chi connectivity index (χ4v) is 1.18.